The maximum atomic E-state index is 14.4. The number of unbranched alkanes of at least 4 members (excludes halogenated alkanes) is 1. The standard InChI is InChI=1S/C75H120N16O17/c1-13-43(6)55(85-64(98)35-50(23-19-20-28-76)82-61(95)32-45(8)80-62(96)37-52(29-41(2)3)84-63(97)36-51(26-27-66(100)101)83-60(94)31-44(7)77)38-65(99)86-57(33-48-21-15-14-16-22-48)69(103)88-59(40-92)71(105)87-56(30-42(4)5)72(106)91-75(11,12)74(108)89-58(34-49-39-79-54-25-18-17-24-53(49)54)70(104)90-67(47(10)93)73(107)81-46(9)68(78)102/h14-18,21-22,24-25,39,41-47,50-52,55-59,67,79,92-93H,13,19-20,23,26-38,40,76-77H2,1-12H3,(H2,78,102)(H,80,96)(H,81,107)(H,82,95)(H,83,94)(H,84,97)(H,85,98)(H,86,99)(H,87,105)(H,88,103)(H,89,108)(H,90,104)(H,91,106)(H,100,101)/t43-,44-,45-,46+,47-,50-,51-,52-,55+,56+,57+,58+,59+,67+/m0/s1. The molecule has 2 aromatic carbocycles. The summed E-state index contributed by atoms with van der Waals surface area (Å²) < 4.78 is 0. The second kappa shape index (κ2) is 46.6. The molecule has 0 spiro atoms. The number of carbonyl (C=O) groups is 14. The number of nitrogens with two attached hydrogens (primary N) is 3. The average molecular weight is 1520 g/mol. The largest absolute Gasteiger partial charge is 0.481 e. The predicted molar refractivity (Wildman–Crippen MR) is 404 cm³/mol. The molecule has 0 unspecified atom stereocenters. The molecule has 3 rings (SSSR count). The van der Waals surface area contributed by atoms with E-state index in [0.29, 0.717) is 60.7 Å². The van der Waals surface area contributed by atoms with Crippen LogP contribution in [0.15, 0.2) is 60.8 Å². The Morgan fingerprint density at radius 1 is 0.528 bits per heavy atom. The van der Waals surface area contributed by atoms with E-state index in [4.69, 9.17) is 17.2 Å². The normalized spacial score (nSPS) is 15.4. The Bertz CT molecular complexity index is 3480. The summed E-state index contributed by atoms with van der Waals surface area (Å²) in [4.78, 5) is 192. The number of nitrogens with one attached hydrogen (secondary N) is 13. The number of carbonyl (C=O) groups excluding carboxylic acids is 13. The van der Waals surface area contributed by atoms with E-state index in [9.17, 15) is 82.4 Å². The van der Waals surface area contributed by atoms with E-state index in [1.807, 2.05) is 27.7 Å². The Morgan fingerprint density at radius 3 is 1.64 bits per heavy atom. The highest BCUT2D eigenvalue weighted by atomic mass is 16.4. The van der Waals surface area contributed by atoms with Crippen LogP contribution in [-0.4, -0.2) is 200 Å². The van der Waals surface area contributed by atoms with Gasteiger partial charge in [-0.25, -0.2) is 0 Å². The van der Waals surface area contributed by atoms with Crippen LogP contribution in [0.25, 0.3) is 10.9 Å². The van der Waals surface area contributed by atoms with E-state index in [-0.39, 0.29) is 88.4 Å². The van der Waals surface area contributed by atoms with Crippen molar-refractivity contribution in [1.29, 1.82) is 0 Å². The second-order valence-electron chi connectivity index (χ2n) is 29.7. The van der Waals surface area contributed by atoms with Gasteiger partial charge >= 0.3 is 5.97 Å². The molecule has 33 heteroatoms. The molecule has 0 saturated carbocycles. The lowest BCUT2D eigenvalue weighted by Gasteiger charge is -2.31. The van der Waals surface area contributed by atoms with Crippen molar-refractivity contribution in [2.24, 2.45) is 35.0 Å². The Hall–Kier alpha value is -9.60. The van der Waals surface area contributed by atoms with E-state index < -0.39 is 174 Å². The lowest BCUT2D eigenvalue weighted by molar-refractivity contribution is -0.138. The summed E-state index contributed by atoms with van der Waals surface area (Å²) in [5, 5.41) is 63.5. The van der Waals surface area contributed by atoms with Gasteiger partial charge in [0.05, 0.1) is 12.7 Å². The third-order valence-electron chi connectivity index (χ3n) is 18.0. The zero-order chi connectivity index (χ0) is 81.1. The zero-order valence-corrected chi connectivity index (χ0v) is 64.5. The van der Waals surface area contributed by atoms with Crippen molar-refractivity contribution < 1.29 is 82.4 Å². The number of aliphatic carboxylic acids is 1. The number of benzene rings is 2. The van der Waals surface area contributed by atoms with Crippen LogP contribution in [0.4, 0.5) is 0 Å². The molecule has 0 fully saturated rings. The number of aromatic amines is 1. The topological polar surface area (TPSA) is 538 Å². The molecule has 33 nitrogen and oxygen atoms in total. The van der Waals surface area contributed by atoms with Gasteiger partial charge in [0.25, 0.3) is 0 Å². The molecule has 0 aliphatic heterocycles. The average Bonchev–Trinajstić information content (AvgIpc) is 1.79. The quantitative estimate of drug-likeness (QED) is 0.0328. The lowest BCUT2D eigenvalue weighted by atomic mass is 9.95. The fourth-order valence-electron chi connectivity index (χ4n) is 12.0. The maximum absolute atomic E-state index is 14.4. The van der Waals surface area contributed by atoms with E-state index in [1.165, 1.54) is 27.7 Å². The molecule has 3 aromatic rings. The minimum atomic E-state index is -1.84. The Balaban J connectivity index is 1.77. The molecule has 22 N–H and O–H groups in total. The van der Waals surface area contributed by atoms with Crippen LogP contribution in [-0.2, 0) is 80.0 Å². The van der Waals surface area contributed by atoms with Gasteiger partial charge in [0.15, 0.2) is 0 Å². The van der Waals surface area contributed by atoms with Gasteiger partial charge in [-0.1, -0.05) is 103 Å². The first-order valence-electron chi connectivity index (χ1n) is 37.2. The SMILES string of the molecule is CC[C@H](C)[C@@H](CC(=O)N[C@H](Cc1ccccc1)C(=O)N[C@H](CO)C(=O)N[C@H](CC(C)C)C(=O)NC(C)(C)C(=O)N[C@H](Cc1c[nH]c2ccccc12)C(=O)N[C@@H](C(=O)N[C@H](C)C(N)=O)[C@H](C)O)NC(=O)C[C@H](CCCCN)NC(=O)C[C@H](C)NC(=O)C[C@H](CC(C)C)NC(=O)C[C@H](CCC(=O)O)NC(=O)C[C@H](C)N. The molecule has 108 heavy (non-hydrogen) atoms. The molecule has 0 radical (unpaired) electrons. The molecule has 0 aliphatic rings. The number of hydrogen-bond donors (Lipinski definition) is 19. The number of hydrogen-bond acceptors (Lipinski definition) is 18. The van der Waals surface area contributed by atoms with Crippen LogP contribution in [0.3, 0.4) is 0 Å². The van der Waals surface area contributed by atoms with Crippen LogP contribution >= 0.6 is 0 Å². The van der Waals surface area contributed by atoms with Crippen LogP contribution in [0.1, 0.15) is 184 Å². The van der Waals surface area contributed by atoms with Crippen molar-refractivity contribution in [1.82, 2.24) is 68.8 Å². The number of carboxylic acids is 1. The minimum absolute atomic E-state index is 0.0115. The molecule has 14 atom stereocenters. The first-order chi connectivity index (χ1) is 50.7. The number of rotatable bonds is 50. The summed E-state index contributed by atoms with van der Waals surface area (Å²) >= 11 is 0. The summed E-state index contributed by atoms with van der Waals surface area (Å²) in [5.41, 5.74) is 16.9. The predicted octanol–water partition coefficient (Wildman–Crippen LogP) is -0.101. The van der Waals surface area contributed by atoms with Gasteiger partial charge < -0.3 is 101 Å². The van der Waals surface area contributed by atoms with Gasteiger partial charge in [-0.15, -0.1) is 0 Å². The van der Waals surface area contributed by atoms with Crippen molar-refractivity contribution in [2.75, 3.05) is 13.2 Å². The van der Waals surface area contributed by atoms with E-state index in [0.717, 1.165) is 0 Å². The monoisotopic (exact) mass is 1520 g/mol. The van der Waals surface area contributed by atoms with Gasteiger partial charge in [-0.05, 0) is 115 Å². The van der Waals surface area contributed by atoms with Crippen LogP contribution in [0, 0.1) is 17.8 Å². The summed E-state index contributed by atoms with van der Waals surface area (Å²) in [6, 6.07) is 2.90. The first kappa shape index (κ1) is 92.6. The van der Waals surface area contributed by atoms with Crippen LogP contribution in [0.2, 0.25) is 0 Å². The number of aliphatic hydroxyl groups excluding tert-OH is 2. The van der Waals surface area contributed by atoms with Crippen molar-refractivity contribution in [3.8, 4) is 0 Å². The van der Waals surface area contributed by atoms with Gasteiger partial charge in [0, 0.05) is 111 Å². The van der Waals surface area contributed by atoms with Gasteiger partial charge in [0.1, 0.15) is 41.8 Å². The summed E-state index contributed by atoms with van der Waals surface area (Å²) in [6.07, 6.45) is 0.756. The number of primary amides is 1. The number of carboxylic acid groups (broad SMARTS) is 1. The van der Waals surface area contributed by atoms with Crippen LogP contribution < -0.4 is 81.0 Å². The van der Waals surface area contributed by atoms with Crippen molar-refractivity contribution in [3.63, 3.8) is 0 Å². The Morgan fingerprint density at radius 2 is 1.06 bits per heavy atom. The van der Waals surface area contributed by atoms with Crippen LogP contribution in [0.5, 0.6) is 0 Å². The number of aromatic nitrogens is 1. The lowest BCUT2D eigenvalue weighted by Crippen LogP contribution is -2.64. The third kappa shape index (κ3) is 34.5. The van der Waals surface area contributed by atoms with E-state index >= 15 is 0 Å². The summed E-state index contributed by atoms with van der Waals surface area (Å²) in [6.45, 7) is 18.9. The van der Waals surface area contributed by atoms with Gasteiger partial charge in [0.2, 0.25) is 76.8 Å². The second-order valence-corrected chi connectivity index (χ2v) is 29.7. The Kier molecular flexibility index (Phi) is 39.9. The fraction of sp³-hybridized carbons (Fsp3) is 0.627. The highest BCUT2D eigenvalue weighted by molar-refractivity contribution is 5.99. The van der Waals surface area contributed by atoms with Crippen molar-refractivity contribution in [3.05, 3.63) is 71.9 Å². The summed E-state index contributed by atoms with van der Waals surface area (Å²) in [5.74, 6) is -11.1. The maximum Gasteiger partial charge on any atom is 0.303 e. The van der Waals surface area contributed by atoms with E-state index in [1.54, 1.807) is 88.5 Å². The molecular weight excluding hydrogens is 1400 g/mol. The molecular formula is C75H120N16O17. The highest BCUT2D eigenvalue weighted by Crippen LogP contribution is 2.21. The highest BCUT2D eigenvalue weighted by Gasteiger charge is 2.39. The molecule has 13 amide bonds. The number of amides is 13. The van der Waals surface area contributed by atoms with Crippen molar-refractivity contribution in [2.45, 2.75) is 270 Å². The molecule has 0 saturated heterocycles. The zero-order valence-electron chi connectivity index (χ0n) is 64.5. The van der Waals surface area contributed by atoms with Crippen molar-refractivity contribution >= 4 is 93.7 Å². The third-order valence-corrected chi connectivity index (χ3v) is 18.0. The molecule has 0 aliphatic carbocycles. The molecule has 1 heterocycles. The summed E-state index contributed by atoms with van der Waals surface area (Å²) in [7, 11) is 0. The number of aliphatic hydroxyl groups is 2. The number of fused-ring (bicyclic) bond motifs is 1. The van der Waals surface area contributed by atoms with Gasteiger partial charge in [-0.3, -0.25) is 67.1 Å². The number of para-hydroxylation sites is 1. The minimum Gasteiger partial charge on any atom is -0.481 e. The fourth-order valence-corrected chi connectivity index (χ4v) is 12.0. The first-order valence-corrected chi connectivity index (χ1v) is 37.2. The number of H-pyrrole nitrogens is 1. The molecule has 1 aromatic heterocycles. The smallest absolute Gasteiger partial charge is 0.303 e. The molecule has 602 valence electrons. The molecule has 0 bridgehead atoms. The van der Waals surface area contributed by atoms with E-state index in [2.05, 4.69) is 68.8 Å². The van der Waals surface area contributed by atoms with Gasteiger partial charge in [-0.2, -0.15) is 0 Å². The Labute approximate surface area is 632 Å².